The minimum atomic E-state index is -0.161. The first-order chi connectivity index (χ1) is 13.7. The SMILES string of the molecule is CCN(CC)CCOC(=O)[C@@H](Cc1cccc2ccccc12)C[C@@H]1CCCO1. The van der Waals surface area contributed by atoms with E-state index in [0.29, 0.717) is 13.0 Å². The maximum absolute atomic E-state index is 12.9. The van der Waals surface area contributed by atoms with Crippen LogP contribution in [0.15, 0.2) is 42.5 Å². The quantitative estimate of drug-likeness (QED) is 0.568. The summed E-state index contributed by atoms with van der Waals surface area (Å²) in [7, 11) is 0. The van der Waals surface area contributed by atoms with E-state index in [2.05, 4.69) is 61.2 Å². The van der Waals surface area contributed by atoms with E-state index in [1.54, 1.807) is 0 Å². The molecule has 3 rings (SSSR count). The molecule has 0 saturated carbocycles. The lowest BCUT2D eigenvalue weighted by atomic mass is 9.90. The van der Waals surface area contributed by atoms with E-state index in [-0.39, 0.29) is 18.0 Å². The molecule has 2 aromatic rings. The first kappa shape index (κ1) is 20.8. The second-order valence-electron chi connectivity index (χ2n) is 7.60. The third-order valence-electron chi connectivity index (χ3n) is 5.80. The van der Waals surface area contributed by atoms with Gasteiger partial charge in [-0.25, -0.2) is 0 Å². The largest absolute Gasteiger partial charge is 0.464 e. The summed E-state index contributed by atoms with van der Waals surface area (Å²) in [6, 6.07) is 14.7. The lowest BCUT2D eigenvalue weighted by Gasteiger charge is -2.22. The average molecular weight is 384 g/mol. The predicted molar refractivity (Wildman–Crippen MR) is 113 cm³/mol. The molecule has 1 heterocycles. The fourth-order valence-corrected chi connectivity index (χ4v) is 4.08. The zero-order valence-corrected chi connectivity index (χ0v) is 17.2. The summed E-state index contributed by atoms with van der Waals surface area (Å²) in [5.41, 5.74) is 1.21. The number of carbonyl (C=O) groups is 1. The van der Waals surface area contributed by atoms with Gasteiger partial charge in [0.1, 0.15) is 6.61 Å². The standard InChI is InChI=1S/C24H33NO3/c1-3-25(4-2)14-16-28-24(26)21(18-22-12-8-15-27-22)17-20-11-7-10-19-9-5-6-13-23(19)20/h5-7,9-11,13,21-22H,3-4,8,12,14-18H2,1-2H3/t21-,22-/m0/s1. The zero-order chi connectivity index (χ0) is 19.8. The van der Waals surface area contributed by atoms with Crippen molar-refractivity contribution < 1.29 is 14.3 Å². The van der Waals surface area contributed by atoms with Gasteiger partial charge in [-0.1, -0.05) is 56.3 Å². The van der Waals surface area contributed by atoms with E-state index in [0.717, 1.165) is 45.5 Å². The van der Waals surface area contributed by atoms with E-state index < -0.39 is 0 Å². The minimum absolute atomic E-state index is 0.0874. The Balaban J connectivity index is 1.69. The highest BCUT2D eigenvalue weighted by atomic mass is 16.5. The van der Waals surface area contributed by atoms with Gasteiger partial charge in [-0.2, -0.15) is 0 Å². The van der Waals surface area contributed by atoms with Gasteiger partial charge in [0, 0.05) is 13.2 Å². The number of rotatable bonds is 10. The van der Waals surface area contributed by atoms with Gasteiger partial charge in [-0.05, 0) is 55.1 Å². The molecule has 4 nitrogen and oxygen atoms in total. The number of hydrogen-bond donors (Lipinski definition) is 0. The van der Waals surface area contributed by atoms with Gasteiger partial charge in [0.2, 0.25) is 0 Å². The Morgan fingerprint density at radius 2 is 1.96 bits per heavy atom. The molecular weight excluding hydrogens is 350 g/mol. The Kier molecular flexibility index (Phi) is 7.87. The van der Waals surface area contributed by atoms with Crippen molar-refractivity contribution in [3.05, 3.63) is 48.0 Å². The van der Waals surface area contributed by atoms with Crippen molar-refractivity contribution in [1.82, 2.24) is 4.90 Å². The zero-order valence-electron chi connectivity index (χ0n) is 17.2. The molecule has 1 saturated heterocycles. The summed E-state index contributed by atoms with van der Waals surface area (Å²) in [6.45, 7) is 8.27. The number of hydrogen-bond acceptors (Lipinski definition) is 4. The van der Waals surface area contributed by atoms with Crippen LogP contribution in [0.2, 0.25) is 0 Å². The molecule has 2 atom stereocenters. The highest BCUT2D eigenvalue weighted by Gasteiger charge is 2.27. The molecule has 2 aromatic carbocycles. The Hall–Kier alpha value is -1.91. The summed E-state index contributed by atoms with van der Waals surface area (Å²) < 4.78 is 11.5. The van der Waals surface area contributed by atoms with Crippen LogP contribution in [-0.2, 0) is 20.7 Å². The van der Waals surface area contributed by atoms with Crippen LogP contribution in [0.3, 0.4) is 0 Å². The number of likely N-dealkylation sites (N-methyl/N-ethyl adjacent to an activating group) is 1. The minimum Gasteiger partial charge on any atom is -0.464 e. The molecule has 1 aliphatic rings. The number of esters is 1. The summed E-state index contributed by atoms with van der Waals surface area (Å²) in [4.78, 5) is 15.2. The topological polar surface area (TPSA) is 38.8 Å². The number of fused-ring (bicyclic) bond motifs is 1. The van der Waals surface area contributed by atoms with Crippen LogP contribution in [0.25, 0.3) is 10.8 Å². The molecule has 0 bridgehead atoms. The highest BCUT2D eigenvalue weighted by Crippen LogP contribution is 2.27. The predicted octanol–water partition coefficient (Wildman–Crippen LogP) is 4.45. The van der Waals surface area contributed by atoms with Gasteiger partial charge in [0.15, 0.2) is 0 Å². The molecular formula is C24H33NO3. The Morgan fingerprint density at radius 3 is 2.71 bits per heavy atom. The van der Waals surface area contributed by atoms with Crippen LogP contribution in [0.4, 0.5) is 0 Å². The van der Waals surface area contributed by atoms with Crippen molar-refractivity contribution in [2.24, 2.45) is 5.92 Å². The maximum Gasteiger partial charge on any atom is 0.309 e. The Labute approximate surface area is 168 Å². The normalized spacial score (nSPS) is 17.9. The molecule has 1 aliphatic heterocycles. The second-order valence-corrected chi connectivity index (χ2v) is 7.60. The molecule has 152 valence electrons. The van der Waals surface area contributed by atoms with Crippen molar-refractivity contribution >= 4 is 16.7 Å². The maximum atomic E-state index is 12.9. The van der Waals surface area contributed by atoms with Gasteiger partial charge < -0.3 is 14.4 Å². The van der Waals surface area contributed by atoms with E-state index in [9.17, 15) is 4.79 Å². The number of ether oxygens (including phenoxy) is 2. The van der Waals surface area contributed by atoms with Crippen molar-refractivity contribution in [2.75, 3.05) is 32.8 Å². The van der Waals surface area contributed by atoms with Gasteiger partial charge in [0.05, 0.1) is 12.0 Å². The van der Waals surface area contributed by atoms with Gasteiger partial charge >= 0.3 is 5.97 Å². The molecule has 0 aromatic heterocycles. The summed E-state index contributed by atoms with van der Waals surface area (Å²) in [6.07, 6.45) is 3.75. The van der Waals surface area contributed by atoms with Crippen LogP contribution >= 0.6 is 0 Å². The molecule has 0 radical (unpaired) electrons. The van der Waals surface area contributed by atoms with Crippen LogP contribution < -0.4 is 0 Å². The Morgan fingerprint density at radius 1 is 1.18 bits per heavy atom. The molecule has 1 fully saturated rings. The summed E-state index contributed by atoms with van der Waals surface area (Å²) in [5, 5.41) is 2.43. The van der Waals surface area contributed by atoms with Gasteiger partial charge in [-0.3, -0.25) is 4.79 Å². The molecule has 0 N–H and O–H groups in total. The third kappa shape index (κ3) is 5.55. The van der Waals surface area contributed by atoms with E-state index in [1.165, 1.54) is 16.3 Å². The third-order valence-corrected chi connectivity index (χ3v) is 5.80. The smallest absolute Gasteiger partial charge is 0.309 e. The van der Waals surface area contributed by atoms with Crippen LogP contribution in [-0.4, -0.2) is 49.8 Å². The molecule has 0 spiro atoms. The number of carbonyl (C=O) groups excluding carboxylic acids is 1. The average Bonchev–Trinajstić information content (AvgIpc) is 3.24. The van der Waals surface area contributed by atoms with Crippen LogP contribution in [0.5, 0.6) is 0 Å². The van der Waals surface area contributed by atoms with E-state index >= 15 is 0 Å². The molecule has 0 unspecified atom stereocenters. The fraction of sp³-hybridized carbons (Fsp3) is 0.542. The second kappa shape index (κ2) is 10.6. The molecule has 0 amide bonds. The first-order valence-electron chi connectivity index (χ1n) is 10.7. The van der Waals surface area contributed by atoms with Crippen molar-refractivity contribution in [3.8, 4) is 0 Å². The Bertz CT molecular complexity index is 745. The monoisotopic (exact) mass is 383 g/mol. The first-order valence-corrected chi connectivity index (χ1v) is 10.7. The van der Waals surface area contributed by atoms with E-state index in [1.807, 2.05) is 0 Å². The van der Waals surface area contributed by atoms with Crippen LogP contribution in [0.1, 0.15) is 38.7 Å². The molecule has 28 heavy (non-hydrogen) atoms. The molecule has 0 aliphatic carbocycles. The number of nitrogens with zero attached hydrogens (tertiary/aromatic N) is 1. The number of benzene rings is 2. The van der Waals surface area contributed by atoms with Gasteiger partial charge in [-0.15, -0.1) is 0 Å². The summed E-state index contributed by atoms with van der Waals surface area (Å²) in [5.74, 6) is -0.249. The highest BCUT2D eigenvalue weighted by molar-refractivity contribution is 5.86. The lowest BCUT2D eigenvalue weighted by Crippen LogP contribution is -2.30. The van der Waals surface area contributed by atoms with Gasteiger partial charge in [0.25, 0.3) is 0 Å². The van der Waals surface area contributed by atoms with Crippen molar-refractivity contribution in [1.29, 1.82) is 0 Å². The van der Waals surface area contributed by atoms with Crippen molar-refractivity contribution in [2.45, 2.75) is 45.6 Å². The fourth-order valence-electron chi connectivity index (χ4n) is 4.08. The lowest BCUT2D eigenvalue weighted by molar-refractivity contribution is -0.150. The van der Waals surface area contributed by atoms with Crippen molar-refractivity contribution in [3.63, 3.8) is 0 Å². The molecule has 4 heteroatoms. The van der Waals surface area contributed by atoms with Crippen LogP contribution in [0, 0.1) is 5.92 Å². The van der Waals surface area contributed by atoms with E-state index in [4.69, 9.17) is 9.47 Å². The summed E-state index contributed by atoms with van der Waals surface area (Å²) >= 11 is 0.